The summed E-state index contributed by atoms with van der Waals surface area (Å²) < 4.78 is 1.05. The van der Waals surface area contributed by atoms with Gasteiger partial charge in [0.25, 0.3) is 5.91 Å². The summed E-state index contributed by atoms with van der Waals surface area (Å²) in [5.74, 6) is -0.105. The van der Waals surface area contributed by atoms with E-state index >= 15 is 0 Å². The fraction of sp³-hybridized carbons (Fsp3) is 0.500. The maximum atomic E-state index is 12.3. The van der Waals surface area contributed by atoms with Crippen molar-refractivity contribution in [2.24, 2.45) is 0 Å². The predicted octanol–water partition coefficient (Wildman–Crippen LogP) is 0.448. The second kappa shape index (κ2) is 9.58. The van der Waals surface area contributed by atoms with Gasteiger partial charge >= 0.3 is 0 Å². The molecule has 0 spiro atoms. The van der Waals surface area contributed by atoms with Crippen molar-refractivity contribution in [3.8, 4) is 0 Å². The Morgan fingerprint density at radius 3 is 2.41 bits per heavy atom. The third kappa shape index (κ3) is 6.58. The van der Waals surface area contributed by atoms with Crippen molar-refractivity contribution in [1.82, 2.24) is 10.2 Å². The van der Waals surface area contributed by atoms with Crippen LogP contribution in [0.5, 0.6) is 0 Å². The molecule has 1 unspecified atom stereocenters. The van der Waals surface area contributed by atoms with Crippen molar-refractivity contribution in [2.75, 3.05) is 33.2 Å². The summed E-state index contributed by atoms with van der Waals surface area (Å²) in [4.78, 5) is 26.6. The van der Waals surface area contributed by atoms with Crippen LogP contribution >= 0.6 is 15.9 Å². The molecule has 0 saturated heterocycles. The number of carbonyl (C=O) groups is 2. The Labute approximate surface area is 140 Å². The Hall–Kier alpha value is -1.40. The number of rotatable bonds is 8. The highest BCUT2D eigenvalue weighted by Crippen LogP contribution is 2.09. The van der Waals surface area contributed by atoms with Crippen molar-refractivity contribution in [1.29, 1.82) is 0 Å². The number of nitrogens with zero attached hydrogens (tertiary/aromatic N) is 1. The minimum atomic E-state index is -0.108. The SMILES string of the molecule is CCNC(=O)CN(CC)C(=O)C[NH+](C)Cc1ccc(Br)cc1. The summed E-state index contributed by atoms with van der Waals surface area (Å²) in [5.41, 5.74) is 1.18. The molecule has 0 saturated carbocycles. The summed E-state index contributed by atoms with van der Waals surface area (Å²) in [6.07, 6.45) is 0. The van der Waals surface area contributed by atoms with E-state index in [1.54, 1.807) is 4.90 Å². The fourth-order valence-electron chi connectivity index (χ4n) is 2.19. The van der Waals surface area contributed by atoms with Crippen LogP contribution in [0, 0.1) is 0 Å². The molecule has 2 amide bonds. The largest absolute Gasteiger partial charge is 0.355 e. The van der Waals surface area contributed by atoms with E-state index in [1.807, 2.05) is 45.2 Å². The van der Waals surface area contributed by atoms with Crippen LogP contribution in [0.4, 0.5) is 0 Å². The quantitative estimate of drug-likeness (QED) is 0.697. The first-order chi connectivity index (χ1) is 10.5. The number of quaternary nitrogens is 1. The zero-order valence-electron chi connectivity index (χ0n) is 13.5. The maximum absolute atomic E-state index is 12.3. The average molecular weight is 371 g/mol. The molecule has 1 aromatic carbocycles. The molecule has 0 aromatic heterocycles. The Balaban J connectivity index is 2.50. The Bertz CT molecular complexity index is 491. The molecule has 0 aliphatic heterocycles. The number of hydrogen-bond acceptors (Lipinski definition) is 2. The molecular weight excluding hydrogens is 346 g/mol. The van der Waals surface area contributed by atoms with Gasteiger partial charge in [-0.05, 0) is 26.0 Å². The molecule has 0 fully saturated rings. The molecule has 6 heteroatoms. The molecule has 0 aliphatic rings. The van der Waals surface area contributed by atoms with Crippen molar-refractivity contribution in [3.63, 3.8) is 0 Å². The van der Waals surface area contributed by atoms with Gasteiger partial charge in [0.05, 0.1) is 13.6 Å². The number of likely N-dealkylation sites (N-methyl/N-ethyl adjacent to an activating group) is 3. The Morgan fingerprint density at radius 2 is 1.86 bits per heavy atom. The summed E-state index contributed by atoms with van der Waals surface area (Å²) in [6.45, 7) is 6.17. The molecule has 1 rings (SSSR count). The van der Waals surface area contributed by atoms with E-state index in [9.17, 15) is 9.59 Å². The lowest BCUT2D eigenvalue weighted by Crippen LogP contribution is -3.08. The lowest BCUT2D eigenvalue weighted by atomic mass is 10.2. The second-order valence-electron chi connectivity index (χ2n) is 5.30. The number of halogens is 1. The summed E-state index contributed by atoms with van der Waals surface area (Å²) in [6, 6.07) is 8.09. The lowest BCUT2D eigenvalue weighted by molar-refractivity contribution is -0.885. The maximum Gasteiger partial charge on any atom is 0.278 e. The van der Waals surface area contributed by atoms with Gasteiger partial charge in [-0.25, -0.2) is 0 Å². The van der Waals surface area contributed by atoms with Gasteiger partial charge in [-0.1, -0.05) is 28.1 Å². The van der Waals surface area contributed by atoms with Gasteiger partial charge < -0.3 is 15.1 Å². The molecule has 0 bridgehead atoms. The van der Waals surface area contributed by atoms with Crippen LogP contribution in [0.3, 0.4) is 0 Å². The van der Waals surface area contributed by atoms with Crippen LogP contribution in [-0.4, -0.2) is 49.9 Å². The van der Waals surface area contributed by atoms with Crippen LogP contribution in [0.2, 0.25) is 0 Å². The fourth-order valence-corrected chi connectivity index (χ4v) is 2.45. The zero-order chi connectivity index (χ0) is 16.5. The van der Waals surface area contributed by atoms with Crippen molar-refractivity contribution in [2.45, 2.75) is 20.4 Å². The van der Waals surface area contributed by atoms with Gasteiger partial charge in [-0.3, -0.25) is 9.59 Å². The smallest absolute Gasteiger partial charge is 0.278 e. The first-order valence-corrected chi connectivity index (χ1v) is 8.35. The summed E-state index contributed by atoms with van der Waals surface area (Å²) >= 11 is 3.41. The Morgan fingerprint density at radius 1 is 1.23 bits per heavy atom. The van der Waals surface area contributed by atoms with Crippen LogP contribution < -0.4 is 10.2 Å². The third-order valence-corrected chi connectivity index (χ3v) is 3.84. The highest BCUT2D eigenvalue weighted by atomic mass is 79.9. The highest BCUT2D eigenvalue weighted by molar-refractivity contribution is 9.10. The molecular formula is C16H25BrN3O2+. The molecule has 0 heterocycles. The van der Waals surface area contributed by atoms with Crippen LogP contribution in [0.15, 0.2) is 28.7 Å². The van der Waals surface area contributed by atoms with Crippen LogP contribution in [0.1, 0.15) is 19.4 Å². The first-order valence-electron chi connectivity index (χ1n) is 7.56. The van der Waals surface area contributed by atoms with E-state index in [4.69, 9.17) is 0 Å². The summed E-state index contributed by atoms with van der Waals surface area (Å²) in [7, 11) is 1.99. The van der Waals surface area contributed by atoms with Gasteiger partial charge in [-0.2, -0.15) is 0 Å². The normalized spacial score (nSPS) is 11.8. The van der Waals surface area contributed by atoms with E-state index in [0.29, 0.717) is 19.6 Å². The molecule has 5 nitrogen and oxygen atoms in total. The third-order valence-electron chi connectivity index (χ3n) is 3.31. The Kier molecular flexibility index (Phi) is 8.12. The molecule has 0 aliphatic carbocycles. The molecule has 122 valence electrons. The minimum Gasteiger partial charge on any atom is -0.355 e. The van der Waals surface area contributed by atoms with Gasteiger partial charge in [-0.15, -0.1) is 0 Å². The van der Waals surface area contributed by atoms with Gasteiger partial charge in [0.15, 0.2) is 6.54 Å². The molecule has 1 atom stereocenters. The number of benzene rings is 1. The van der Waals surface area contributed by atoms with E-state index in [1.165, 1.54) is 5.56 Å². The summed E-state index contributed by atoms with van der Waals surface area (Å²) in [5, 5.41) is 2.72. The molecule has 2 N–H and O–H groups in total. The number of carbonyl (C=O) groups excluding carboxylic acids is 2. The topological polar surface area (TPSA) is 53.9 Å². The molecule has 22 heavy (non-hydrogen) atoms. The van der Waals surface area contributed by atoms with Crippen LogP contribution in [0.25, 0.3) is 0 Å². The lowest BCUT2D eigenvalue weighted by Gasteiger charge is -2.22. The van der Waals surface area contributed by atoms with Crippen molar-refractivity contribution >= 4 is 27.7 Å². The monoisotopic (exact) mass is 370 g/mol. The van der Waals surface area contributed by atoms with Gasteiger partial charge in [0.1, 0.15) is 6.54 Å². The number of hydrogen-bond donors (Lipinski definition) is 2. The van der Waals surface area contributed by atoms with Gasteiger partial charge in [0, 0.05) is 23.1 Å². The second-order valence-corrected chi connectivity index (χ2v) is 6.21. The first kappa shape index (κ1) is 18.6. The van der Waals surface area contributed by atoms with Crippen LogP contribution in [-0.2, 0) is 16.1 Å². The zero-order valence-corrected chi connectivity index (χ0v) is 15.1. The van der Waals surface area contributed by atoms with E-state index in [-0.39, 0.29) is 18.4 Å². The van der Waals surface area contributed by atoms with Crippen molar-refractivity contribution < 1.29 is 14.5 Å². The van der Waals surface area contributed by atoms with E-state index < -0.39 is 0 Å². The number of nitrogens with one attached hydrogen (secondary N) is 2. The molecule has 0 radical (unpaired) electrons. The van der Waals surface area contributed by atoms with E-state index in [2.05, 4.69) is 21.2 Å². The van der Waals surface area contributed by atoms with Crippen molar-refractivity contribution in [3.05, 3.63) is 34.3 Å². The molecule has 1 aromatic rings. The van der Waals surface area contributed by atoms with E-state index in [0.717, 1.165) is 15.9 Å². The predicted molar refractivity (Wildman–Crippen MR) is 90.5 cm³/mol. The standard InChI is InChI=1S/C16H24BrN3O2/c1-4-18-15(21)11-20(5-2)16(22)12-19(3)10-13-6-8-14(17)9-7-13/h6-9H,4-5,10-12H2,1-3H3,(H,18,21)/p+1. The number of amides is 2. The van der Waals surface area contributed by atoms with Gasteiger partial charge in [0.2, 0.25) is 5.91 Å². The highest BCUT2D eigenvalue weighted by Gasteiger charge is 2.19. The average Bonchev–Trinajstić information content (AvgIpc) is 2.47. The minimum absolute atomic E-state index is 0.00312.